The molecular weight excluding hydrogens is 1990 g/mol. The van der Waals surface area contributed by atoms with E-state index < -0.39 is 36.1 Å². The van der Waals surface area contributed by atoms with Crippen LogP contribution in [0, 0.1) is 72.0 Å². The van der Waals surface area contributed by atoms with Gasteiger partial charge in [-0.25, -0.2) is 17.6 Å². The van der Waals surface area contributed by atoms with E-state index in [0.717, 1.165) is 159 Å². The first-order valence-corrected chi connectivity index (χ1v) is 46.2. The highest BCUT2D eigenvalue weighted by atomic mass is 75.9. The second-order valence-electron chi connectivity index (χ2n) is 30.8. The summed E-state index contributed by atoms with van der Waals surface area (Å²) in [6.07, 6.45) is 14.1. The Morgan fingerprint density at radius 3 is 1.17 bits per heavy atom. The summed E-state index contributed by atoms with van der Waals surface area (Å²) in [5.74, 6) is -1.21. The van der Waals surface area contributed by atoms with E-state index in [2.05, 4.69) is 138 Å². The first-order valence-electron chi connectivity index (χ1n) is 41.4. The fourth-order valence-corrected chi connectivity index (χ4v) is 14.5. The summed E-state index contributed by atoms with van der Waals surface area (Å²) in [4.78, 5) is 0. The minimum absolute atomic E-state index is 0.0722. The monoisotopic (exact) mass is 2110 g/mol. The Bertz CT molecular complexity index is 4890. The Morgan fingerprint density at radius 2 is 0.685 bits per heavy atom. The maximum absolute atomic E-state index is 13.2. The lowest BCUT2D eigenvalue weighted by atomic mass is 10.0. The fourth-order valence-electron chi connectivity index (χ4n) is 11.5. The molecule has 9 aromatic carbocycles. The Hall–Kier alpha value is -8.55. The molecule has 0 spiro atoms. The molecule has 0 aliphatic heterocycles. The molecule has 0 fully saturated rings. The molecule has 9 aromatic rings. The number of halogens is 10. The van der Waals surface area contributed by atoms with Crippen molar-refractivity contribution in [2.45, 2.75) is 234 Å². The van der Waals surface area contributed by atoms with Gasteiger partial charge in [-0.1, -0.05) is 134 Å². The second-order valence-corrected chi connectivity index (χ2v) is 36.2. The lowest BCUT2D eigenvalue weighted by Crippen LogP contribution is -2.02. The van der Waals surface area contributed by atoms with E-state index in [-0.39, 0.29) is 35.1 Å². The normalized spacial score (nSPS) is 11.2. The van der Waals surface area contributed by atoms with Crippen LogP contribution < -0.4 is 0 Å². The van der Waals surface area contributed by atoms with E-state index in [4.69, 9.17) is 58.9 Å². The molecule has 0 aromatic heterocycles. The van der Waals surface area contributed by atoms with E-state index in [1.165, 1.54) is 53.6 Å². The molecule has 0 radical (unpaired) electrons. The average molecular weight is 2110 g/mol. The minimum Gasteiger partial charge on any atom is -0.508 e. The van der Waals surface area contributed by atoms with Crippen LogP contribution in [0.5, 0.6) is 28.7 Å². The van der Waals surface area contributed by atoms with E-state index in [1.54, 1.807) is 89.2 Å². The topological polar surface area (TPSA) is 397 Å². The van der Waals surface area contributed by atoms with Crippen molar-refractivity contribution in [3.63, 3.8) is 0 Å². The molecule has 0 unspecified atom stereocenters. The molecule has 0 heterocycles. The Morgan fingerprint density at radius 1 is 0.276 bits per heavy atom. The van der Waals surface area contributed by atoms with Crippen LogP contribution in [0.15, 0.2) is 209 Å². The van der Waals surface area contributed by atoms with E-state index >= 15 is 0 Å². The number of phenols is 5. The van der Waals surface area contributed by atoms with Gasteiger partial charge >= 0.3 is 0 Å². The number of aryl methyl sites for hydroxylation is 5. The maximum Gasteiger partial charge on any atom is 0.133 e. The van der Waals surface area contributed by atoms with Crippen LogP contribution in [0.4, 0.5) is 17.6 Å². The van der Waals surface area contributed by atoms with Crippen LogP contribution in [-0.2, 0) is 32.1 Å². The Labute approximate surface area is 798 Å². The van der Waals surface area contributed by atoms with Gasteiger partial charge in [0.15, 0.2) is 0 Å². The third-order valence-corrected chi connectivity index (χ3v) is 21.5. The number of nitrogens with one attached hydrogen (secondary N) is 9. The number of phenolic OH excluding ortho intramolecular Hbond substituents is 5. The van der Waals surface area contributed by atoms with Crippen molar-refractivity contribution in [3.05, 3.63) is 282 Å². The first kappa shape index (κ1) is 116. The minimum atomic E-state index is -0.975. The van der Waals surface area contributed by atoms with Gasteiger partial charge in [-0.05, 0) is 386 Å². The van der Waals surface area contributed by atoms with Crippen LogP contribution in [0.1, 0.15) is 252 Å². The first-order chi connectivity index (χ1) is 59.7. The number of hydrogen-bond acceptors (Lipinski definition) is 18. The summed E-state index contributed by atoms with van der Waals surface area (Å²) in [5, 5.41) is 150. The van der Waals surface area contributed by atoms with Crippen molar-refractivity contribution in [3.8, 4) is 28.7 Å². The van der Waals surface area contributed by atoms with E-state index in [1.807, 2.05) is 58.0 Å². The van der Waals surface area contributed by atoms with Crippen LogP contribution in [-0.4, -0.2) is 97.4 Å². The van der Waals surface area contributed by atoms with Crippen molar-refractivity contribution >= 4 is 147 Å². The molecule has 18 N–H and O–H groups in total. The smallest absolute Gasteiger partial charge is 0.133 e. The van der Waals surface area contributed by atoms with Gasteiger partial charge < -0.3 is 94.6 Å². The summed E-state index contributed by atoms with van der Waals surface area (Å²) >= 11 is 20.3. The molecule has 18 nitrogen and oxygen atoms in total. The van der Waals surface area contributed by atoms with Gasteiger partial charge in [-0.15, -0.1) is 0 Å². The number of rotatable bonds is 36. The lowest BCUT2D eigenvalue weighted by molar-refractivity contribution is 0.164. The quantitative estimate of drug-likeness (QED) is 0.0131. The highest BCUT2D eigenvalue weighted by Gasteiger charge is 2.17. The summed E-state index contributed by atoms with van der Waals surface area (Å²) in [7, 11) is 0. The van der Waals surface area contributed by atoms with E-state index in [9.17, 15) is 53.3 Å². The molecular formula is C99H125Br6F4N9O9. The molecule has 0 aliphatic rings. The molecule has 28 heteroatoms. The largest absolute Gasteiger partial charge is 0.508 e. The number of aliphatic hydroxyl groups is 4. The molecule has 690 valence electrons. The third-order valence-electron chi connectivity index (χ3n) is 18.2. The fraction of sp³-hybridized carbons (Fsp3) is 0.364. The highest BCUT2D eigenvalue weighted by molar-refractivity contribution is 9.11. The third kappa shape index (κ3) is 57.9. The van der Waals surface area contributed by atoms with Gasteiger partial charge in [0.2, 0.25) is 0 Å². The molecule has 0 saturated heterocycles. The zero-order valence-corrected chi connectivity index (χ0v) is 83.2. The van der Waals surface area contributed by atoms with Crippen LogP contribution >= 0.6 is 95.6 Å². The predicted octanol–water partition coefficient (Wildman–Crippen LogP) is 29.1. The molecule has 0 amide bonds. The summed E-state index contributed by atoms with van der Waals surface area (Å²) in [6, 6.07) is 50.3. The molecule has 0 bridgehead atoms. The molecule has 127 heavy (non-hydrogen) atoms. The van der Waals surface area contributed by atoms with Gasteiger partial charge in [0.1, 0.15) is 52.0 Å². The molecule has 4 atom stereocenters. The van der Waals surface area contributed by atoms with Gasteiger partial charge in [0.25, 0.3) is 0 Å². The zero-order chi connectivity index (χ0) is 95.8. The number of aromatic hydroxyl groups is 5. The van der Waals surface area contributed by atoms with Crippen LogP contribution in [0.3, 0.4) is 0 Å². The summed E-state index contributed by atoms with van der Waals surface area (Å²) in [5.41, 5.74) is 12.7. The Balaban J connectivity index is 0.000000715. The van der Waals surface area contributed by atoms with Crippen LogP contribution in [0.2, 0.25) is 0 Å². The van der Waals surface area contributed by atoms with Gasteiger partial charge in [0, 0.05) is 91.0 Å². The Kier molecular flexibility index (Phi) is 60.4. The van der Waals surface area contributed by atoms with Crippen molar-refractivity contribution in [2.75, 3.05) is 0 Å². The highest BCUT2D eigenvalue weighted by Crippen LogP contribution is 2.34. The average Bonchev–Trinajstić information content (AvgIpc) is 0.886. The van der Waals surface area contributed by atoms with Crippen molar-refractivity contribution in [1.29, 1.82) is 48.7 Å². The summed E-state index contributed by atoms with van der Waals surface area (Å²) < 4.78 is 57.9. The lowest BCUT2D eigenvalue weighted by Gasteiger charge is -2.11. The standard InChI is InChI=1S/C11H13Br2NO.2C11H14BrNO.2C11H14BrN.2C11H14FNO2.2C11H14FNO/c1-7(14)3-2-4-8-5-9(12)6-10(13)11(8)15;1-8(13)3-2-4-9-5-10(12)7-11(14)6-9;1-8(13)3-2-4-9-7-10(14)5-6-11(9)12;1-9(13)4-2-5-10-6-3-7-11(12)8-10;1-9(13)3-2-4-10-5-7-11(12)8-6-10;1-7(13)2-5-11(15)9-6-8(14)3-4-10(9)12;1-7(13)2-3-11(15)8-4-9(12)6-10(14)5-8;1-8(13)5-6-11(14)9-3-2-4-10(12)7-9;1-8(13)6-7-11(14)9-4-2-3-5-10(9)12/h5-6,14-15H,2-4H2,1H3;2*5-7,13-14H,2-4H2,1H3;3,6-8,13H,2,4-5H2,1H3;5-8,13H,2-4H2,1H3;3-4,6,11,13-15H,2,5H2,1H3;4-6,11,13-15H,2-3H2,1H3;2-4,7,11,13-14H,5-6H2,1H3;2-5,11,13-14H,6-7H2,1H3/t;;;;;4*11-/m.....0000/s1/i12-4,13-4;4*12-4;4*12-1. The van der Waals surface area contributed by atoms with Crippen molar-refractivity contribution in [2.24, 2.45) is 0 Å². The predicted molar refractivity (Wildman–Crippen MR) is 534 cm³/mol. The second kappa shape index (κ2) is 65.9. The van der Waals surface area contributed by atoms with Crippen molar-refractivity contribution < 1.29 is 63.5 Å². The number of benzene rings is 9. The van der Waals surface area contributed by atoms with Gasteiger partial charge in [-0.2, -0.15) is 0 Å². The SMILES string of the molecule is CC(=N)CCCc1cc(O)cc([76Br])c1.CC(=N)CCCc1cc(O)ccc1[76Br].CC(=N)CCCc1cc([76Br])cc([76Br])c1O.CC(=N)CCCc1ccc([76Br])cc1.CC(=N)CCCc1cccc([76Br])c1.CC(=N)CC[C@H](O)c1cc(O)cc([18F])c1.CC(=N)CC[C@H](O)c1cc(O)ccc1[18F].CC(=N)CC[C@H](O)c1cccc([18F])c1.CC(=N)CC[C@H](O)c1ccccc1[18F]. The number of aliphatic hydroxyl groups excluding tert-OH is 4. The van der Waals surface area contributed by atoms with Crippen LogP contribution in [0.25, 0.3) is 0 Å². The molecule has 0 saturated carbocycles. The zero-order valence-electron chi connectivity index (χ0n) is 73.7. The molecule has 9 rings (SSSR count). The number of hydrogen-bond donors (Lipinski definition) is 18. The molecule has 0 aliphatic carbocycles. The van der Waals surface area contributed by atoms with Crippen molar-refractivity contribution in [1.82, 2.24) is 0 Å². The van der Waals surface area contributed by atoms with Gasteiger partial charge in [-0.3, -0.25) is 0 Å². The summed E-state index contributed by atoms with van der Waals surface area (Å²) in [6.45, 7) is 15.8. The maximum atomic E-state index is 13.2. The van der Waals surface area contributed by atoms with Gasteiger partial charge in [0.05, 0.1) is 28.9 Å². The van der Waals surface area contributed by atoms with E-state index in [0.29, 0.717) is 123 Å².